The molecule has 0 aromatic heterocycles. The summed E-state index contributed by atoms with van der Waals surface area (Å²) in [7, 11) is 1.73. The van der Waals surface area contributed by atoms with Crippen LogP contribution in [0, 0.1) is 6.42 Å². The Hall–Kier alpha value is -0.0800. The molecule has 0 amide bonds. The van der Waals surface area contributed by atoms with Crippen molar-refractivity contribution in [1.29, 1.82) is 0 Å². The van der Waals surface area contributed by atoms with Gasteiger partial charge in [0.2, 0.25) is 0 Å². The summed E-state index contributed by atoms with van der Waals surface area (Å²) in [5, 5.41) is 4.36. The second-order valence-corrected chi connectivity index (χ2v) is 2.33. The van der Waals surface area contributed by atoms with Gasteiger partial charge in [0, 0.05) is 19.7 Å². The van der Waals surface area contributed by atoms with E-state index < -0.39 is 0 Å². The Morgan fingerprint density at radius 3 is 3.22 bits per heavy atom. The van der Waals surface area contributed by atoms with Gasteiger partial charge < -0.3 is 4.74 Å². The highest BCUT2D eigenvalue weighted by molar-refractivity contribution is 4.81. The number of hydrogen-bond acceptors (Lipinski definition) is 1. The van der Waals surface area contributed by atoms with Crippen molar-refractivity contribution in [2.45, 2.75) is 18.9 Å². The number of nitrogens with zero attached hydrogens (tertiary/aromatic N) is 1. The molecule has 1 aliphatic rings. The van der Waals surface area contributed by atoms with Crippen LogP contribution in [-0.4, -0.2) is 26.3 Å². The van der Waals surface area contributed by atoms with Crippen LogP contribution in [0.15, 0.2) is 0 Å². The second kappa shape index (κ2) is 3.85. The highest BCUT2D eigenvalue weighted by atomic mass is 16.5. The molecule has 9 heavy (non-hydrogen) atoms. The molecule has 52 valence electrons. The second-order valence-electron chi connectivity index (χ2n) is 2.33. The molecule has 0 N–H and O–H groups in total. The molecule has 0 bridgehead atoms. The quantitative estimate of drug-likeness (QED) is 0.533. The summed E-state index contributed by atoms with van der Waals surface area (Å²) in [6, 6.07) is 0.448. The van der Waals surface area contributed by atoms with Crippen LogP contribution in [0.5, 0.6) is 0 Å². The van der Waals surface area contributed by atoms with Crippen molar-refractivity contribution < 1.29 is 4.74 Å². The average molecular weight is 127 g/mol. The number of methoxy groups -OCH3 is 1. The van der Waals surface area contributed by atoms with E-state index in [0.717, 1.165) is 26.0 Å². The highest BCUT2D eigenvalue weighted by Gasteiger charge is 2.12. The van der Waals surface area contributed by atoms with E-state index in [1.807, 2.05) is 0 Å². The lowest BCUT2D eigenvalue weighted by molar-refractivity contribution is 0.159. The molecule has 2 radical (unpaired) electrons. The Morgan fingerprint density at radius 1 is 1.78 bits per heavy atom. The number of piperidine rings is 1. The zero-order valence-corrected chi connectivity index (χ0v) is 5.84. The van der Waals surface area contributed by atoms with Crippen LogP contribution in [-0.2, 0) is 4.74 Å². The molecule has 1 atom stereocenters. The van der Waals surface area contributed by atoms with Crippen LogP contribution in [0.4, 0.5) is 0 Å². The molecule has 1 unspecified atom stereocenters. The smallest absolute Gasteiger partial charge is 0.0632 e. The Labute approximate surface area is 56.6 Å². The van der Waals surface area contributed by atoms with Crippen molar-refractivity contribution in [1.82, 2.24) is 5.32 Å². The molecule has 0 aromatic carbocycles. The average Bonchev–Trinajstić information content (AvgIpc) is 1.91. The minimum atomic E-state index is 0.448. The first-order valence-electron chi connectivity index (χ1n) is 3.40. The molecule has 0 aliphatic carbocycles. The Morgan fingerprint density at radius 2 is 2.67 bits per heavy atom. The molecule has 0 aromatic rings. The molecule has 1 saturated heterocycles. The minimum Gasteiger partial charge on any atom is -0.383 e. The van der Waals surface area contributed by atoms with E-state index in [1.165, 1.54) is 0 Å². The fourth-order valence-electron chi connectivity index (χ4n) is 1.05. The summed E-state index contributed by atoms with van der Waals surface area (Å²) in [6.45, 7) is 1.78. The lowest BCUT2D eigenvalue weighted by Crippen LogP contribution is -2.31. The van der Waals surface area contributed by atoms with Crippen molar-refractivity contribution >= 4 is 0 Å². The zero-order valence-electron chi connectivity index (χ0n) is 5.84. The molecule has 0 spiro atoms. The summed E-state index contributed by atoms with van der Waals surface area (Å²) in [4.78, 5) is 0. The van der Waals surface area contributed by atoms with Crippen LogP contribution in [0.2, 0.25) is 0 Å². The predicted octanol–water partition coefficient (Wildman–Crippen LogP) is 0.604. The largest absolute Gasteiger partial charge is 0.383 e. The van der Waals surface area contributed by atoms with Crippen molar-refractivity contribution in [2.75, 3.05) is 20.3 Å². The molecule has 1 fully saturated rings. The van der Waals surface area contributed by atoms with Gasteiger partial charge in [0.05, 0.1) is 6.61 Å². The first kappa shape index (κ1) is 7.03. The monoisotopic (exact) mass is 127 g/mol. The van der Waals surface area contributed by atoms with Gasteiger partial charge in [-0.2, -0.15) is 0 Å². The summed E-state index contributed by atoms with van der Waals surface area (Å²) in [5.74, 6) is 0. The number of ether oxygens (including phenoxy) is 1. The Kier molecular flexibility index (Phi) is 3.01. The molecule has 0 saturated carbocycles. The van der Waals surface area contributed by atoms with E-state index in [9.17, 15) is 0 Å². The van der Waals surface area contributed by atoms with Crippen molar-refractivity contribution in [3.63, 3.8) is 0 Å². The van der Waals surface area contributed by atoms with E-state index in [4.69, 9.17) is 4.74 Å². The van der Waals surface area contributed by atoms with Crippen LogP contribution < -0.4 is 5.32 Å². The maximum Gasteiger partial charge on any atom is 0.0632 e. The lowest BCUT2D eigenvalue weighted by Gasteiger charge is -2.19. The molecular formula is C7H13NO. The van der Waals surface area contributed by atoms with Gasteiger partial charge in [-0.15, -0.1) is 0 Å². The fraction of sp³-hybridized carbons (Fsp3) is 0.857. The van der Waals surface area contributed by atoms with E-state index >= 15 is 0 Å². The maximum absolute atomic E-state index is 4.97. The summed E-state index contributed by atoms with van der Waals surface area (Å²) in [5.41, 5.74) is 0. The third-order valence-corrected chi connectivity index (χ3v) is 1.52. The third kappa shape index (κ3) is 2.33. The minimum absolute atomic E-state index is 0.448. The standard InChI is InChI=1S/C7H13NO/c1-9-6-7-4-2-3-5-8-7/h2,7H,3-6H2,1H3. The van der Waals surface area contributed by atoms with Gasteiger partial charge in [0.15, 0.2) is 0 Å². The molecular weight excluding hydrogens is 114 g/mol. The van der Waals surface area contributed by atoms with Gasteiger partial charge in [-0.05, 0) is 19.3 Å². The van der Waals surface area contributed by atoms with E-state index in [0.29, 0.717) is 6.04 Å². The predicted molar refractivity (Wildman–Crippen MR) is 36.2 cm³/mol. The maximum atomic E-state index is 4.97. The Balaban J connectivity index is 2.08. The van der Waals surface area contributed by atoms with Gasteiger partial charge in [0.25, 0.3) is 0 Å². The van der Waals surface area contributed by atoms with Crippen LogP contribution in [0.1, 0.15) is 12.8 Å². The van der Waals surface area contributed by atoms with Crippen LogP contribution in [0.25, 0.3) is 0 Å². The first-order valence-corrected chi connectivity index (χ1v) is 3.40. The highest BCUT2D eigenvalue weighted by Crippen LogP contribution is 2.06. The van der Waals surface area contributed by atoms with E-state index in [1.54, 1.807) is 7.11 Å². The topological polar surface area (TPSA) is 23.3 Å². The fourth-order valence-corrected chi connectivity index (χ4v) is 1.05. The summed E-state index contributed by atoms with van der Waals surface area (Å²) >= 11 is 0. The van der Waals surface area contributed by atoms with Gasteiger partial charge in [-0.3, -0.25) is 0 Å². The molecule has 1 rings (SSSR count). The summed E-state index contributed by atoms with van der Waals surface area (Å²) in [6.07, 6.45) is 4.55. The van der Waals surface area contributed by atoms with Gasteiger partial charge in [-0.1, -0.05) is 0 Å². The van der Waals surface area contributed by atoms with Crippen molar-refractivity contribution in [3.05, 3.63) is 6.42 Å². The molecule has 1 aliphatic heterocycles. The van der Waals surface area contributed by atoms with Crippen LogP contribution >= 0.6 is 0 Å². The van der Waals surface area contributed by atoms with Gasteiger partial charge in [-0.25, -0.2) is 5.32 Å². The molecule has 2 nitrogen and oxygen atoms in total. The molecule has 2 heteroatoms. The normalized spacial score (nSPS) is 28.3. The number of hydrogen-bond donors (Lipinski definition) is 0. The Bertz CT molecular complexity index is 66.6. The number of rotatable bonds is 2. The lowest BCUT2D eigenvalue weighted by atomic mass is 10.1. The summed E-state index contributed by atoms with van der Waals surface area (Å²) < 4.78 is 4.97. The van der Waals surface area contributed by atoms with Gasteiger partial charge in [0.1, 0.15) is 0 Å². The SMILES string of the molecule is COCC1C[CH]CC[N]1. The van der Waals surface area contributed by atoms with Crippen LogP contribution in [0.3, 0.4) is 0 Å². The van der Waals surface area contributed by atoms with Crippen molar-refractivity contribution in [3.8, 4) is 0 Å². The first-order chi connectivity index (χ1) is 4.43. The van der Waals surface area contributed by atoms with E-state index in [-0.39, 0.29) is 0 Å². The zero-order chi connectivity index (χ0) is 6.53. The third-order valence-electron chi connectivity index (χ3n) is 1.52. The van der Waals surface area contributed by atoms with E-state index in [2.05, 4.69) is 11.7 Å². The van der Waals surface area contributed by atoms with Crippen molar-refractivity contribution in [2.24, 2.45) is 0 Å². The van der Waals surface area contributed by atoms with Gasteiger partial charge >= 0.3 is 0 Å². The molecule has 1 heterocycles.